The Kier molecular flexibility index (Phi) is 6.59. The van der Waals surface area contributed by atoms with E-state index in [1.165, 1.54) is 12.1 Å². The van der Waals surface area contributed by atoms with E-state index in [2.05, 4.69) is 19.6 Å². The lowest BCUT2D eigenvalue weighted by atomic mass is 9.90. The number of aliphatic hydroxyl groups excluding tert-OH is 1. The molecule has 1 aliphatic rings. The molecule has 0 fully saturated rings. The Balaban J connectivity index is 1.41. The Hall–Kier alpha value is -4.15. The van der Waals surface area contributed by atoms with Gasteiger partial charge in [-0.15, -0.1) is 13.2 Å². The highest BCUT2D eigenvalue weighted by Gasteiger charge is 2.37. The average Bonchev–Trinajstić information content (AvgIpc) is 3.53. The number of H-pyrrole nitrogens is 2. The highest BCUT2D eigenvalue weighted by Crippen LogP contribution is 2.44. The summed E-state index contributed by atoms with van der Waals surface area (Å²) < 4.78 is 52.8. The van der Waals surface area contributed by atoms with E-state index >= 15 is 0 Å². The van der Waals surface area contributed by atoms with Crippen LogP contribution in [0.2, 0.25) is 0 Å². The van der Waals surface area contributed by atoms with Crippen LogP contribution >= 0.6 is 0 Å². The van der Waals surface area contributed by atoms with E-state index in [1.54, 1.807) is 26.4 Å². The van der Waals surface area contributed by atoms with Gasteiger partial charge in [0.2, 0.25) is 0 Å². The molecule has 2 unspecified atom stereocenters. The summed E-state index contributed by atoms with van der Waals surface area (Å²) in [5, 5.41) is 13.9. The van der Waals surface area contributed by atoms with E-state index in [0.29, 0.717) is 18.8 Å². The molecule has 0 spiro atoms. The van der Waals surface area contributed by atoms with Crippen molar-refractivity contribution in [2.75, 3.05) is 20.8 Å². The van der Waals surface area contributed by atoms with Gasteiger partial charge in [-0.05, 0) is 66.1 Å². The molecular weight excluding hydrogens is 523 g/mol. The van der Waals surface area contributed by atoms with Crippen molar-refractivity contribution in [2.24, 2.45) is 0 Å². The third kappa shape index (κ3) is 4.84. The first-order chi connectivity index (χ1) is 19.2. The van der Waals surface area contributed by atoms with Gasteiger partial charge < -0.3 is 29.3 Å². The summed E-state index contributed by atoms with van der Waals surface area (Å²) >= 11 is 0. The molecule has 0 amide bonds. The molecule has 2 atom stereocenters. The third-order valence-corrected chi connectivity index (χ3v) is 7.57. The van der Waals surface area contributed by atoms with Crippen LogP contribution in [-0.2, 0) is 13.0 Å². The molecule has 0 saturated carbocycles. The first kappa shape index (κ1) is 26.1. The minimum atomic E-state index is -4.75. The monoisotopic (exact) mass is 551 g/mol. The number of hydrogen-bond donors (Lipinski definition) is 3. The predicted octanol–water partition coefficient (Wildman–Crippen LogP) is 6.40. The lowest BCUT2D eigenvalue weighted by Gasteiger charge is -2.38. The average molecular weight is 552 g/mol. The molecule has 2 aromatic heterocycles. The fourth-order valence-corrected chi connectivity index (χ4v) is 5.70. The number of aromatic amines is 2. The molecule has 0 bridgehead atoms. The number of aliphatic hydroxyl groups is 1. The van der Waals surface area contributed by atoms with Crippen LogP contribution in [0.25, 0.3) is 21.8 Å². The van der Waals surface area contributed by atoms with Crippen LogP contribution in [0.5, 0.6) is 17.2 Å². The largest absolute Gasteiger partial charge is 0.573 e. The molecule has 3 heterocycles. The molecule has 0 aliphatic carbocycles. The van der Waals surface area contributed by atoms with Gasteiger partial charge >= 0.3 is 6.36 Å². The summed E-state index contributed by atoms with van der Waals surface area (Å²) in [4.78, 5) is 8.94. The Bertz CT molecular complexity index is 1660. The summed E-state index contributed by atoms with van der Waals surface area (Å²) in [5.41, 5.74) is 5.35. The smallest absolute Gasteiger partial charge is 0.497 e. The van der Waals surface area contributed by atoms with Gasteiger partial charge in [-0.1, -0.05) is 12.1 Å². The van der Waals surface area contributed by atoms with Gasteiger partial charge in [-0.25, -0.2) is 0 Å². The van der Waals surface area contributed by atoms with Gasteiger partial charge in [0.05, 0.1) is 20.3 Å². The summed E-state index contributed by atoms with van der Waals surface area (Å²) in [6.07, 6.45) is -3.14. The molecule has 10 heteroatoms. The second-order valence-corrected chi connectivity index (χ2v) is 9.89. The summed E-state index contributed by atoms with van der Waals surface area (Å²) in [5.74, 6) is 1.16. The maximum Gasteiger partial charge on any atom is 0.573 e. The van der Waals surface area contributed by atoms with E-state index in [0.717, 1.165) is 56.4 Å². The first-order valence-electron chi connectivity index (χ1n) is 12.8. The Morgan fingerprint density at radius 2 is 1.57 bits per heavy atom. The SMILES string of the molecule is COc1ccc2[nH]cc(C(O)C3c4[nH]c5ccc(OC)cc5c4CCN3Cc3ccc(OC(F)(F)F)cc3)c2c1. The zero-order chi connectivity index (χ0) is 28.0. The van der Waals surface area contributed by atoms with Crippen LogP contribution in [0.15, 0.2) is 66.9 Å². The van der Waals surface area contributed by atoms with Crippen LogP contribution in [0.4, 0.5) is 13.2 Å². The minimum Gasteiger partial charge on any atom is -0.497 e. The number of aromatic nitrogens is 2. The normalized spacial score (nSPS) is 16.7. The van der Waals surface area contributed by atoms with Gasteiger partial charge in [0.1, 0.15) is 23.4 Å². The molecule has 1 aliphatic heterocycles. The second-order valence-electron chi connectivity index (χ2n) is 9.89. The lowest BCUT2D eigenvalue weighted by molar-refractivity contribution is -0.274. The zero-order valence-electron chi connectivity index (χ0n) is 21.9. The fraction of sp³-hybridized carbons (Fsp3) is 0.267. The molecule has 40 heavy (non-hydrogen) atoms. The highest BCUT2D eigenvalue weighted by atomic mass is 19.4. The summed E-state index contributed by atoms with van der Waals surface area (Å²) in [6.45, 7) is 1.04. The molecular formula is C30H28F3N3O4. The van der Waals surface area contributed by atoms with Crippen LogP contribution < -0.4 is 14.2 Å². The molecule has 7 nitrogen and oxygen atoms in total. The third-order valence-electron chi connectivity index (χ3n) is 7.57. The maximum absolute atomic E-state index is 12.6. The van der Waals surface area contributed by atoms with E-state index in [4.69, 9.17) is 9.47 Å². The number of hydrogen-bond acceptors (Lipinski definition) is 5. The molecule has 0 saturated heterocycles. The van der Waals surface area contributed by atoms with Crippen molar-refractivity contribution in [3.8, 4) is 17.2 Å². The Morgan fingerprint density at radius 3 is 2.25 bits per heavy atom. The van der Waals surface area contributed by atoms with Gasteiger partial charge in [-0.3, -0.25) is 4.90 Å². The fourth-order valence-electron chi connectivity index (χ4n) is 5.70. The Morgan fingerprint density at radius 1 is 0.925 bits per heavy atom. The van der Waals surface area contributed by atoms with Gasteiger partial charge in [0, 0.05) is 52.3 Å². The number of methoxy groups -OCH3 is 2. The van der Waals surface area contributed by atoms with Crippen molar-refractivity contribution in [3.05, 3.63) is 89.2 Å². The van der Waals surface area contributed by atoms with Crippen molar-refractivity contribution in [3.63, 3.8) is 0 Å². The highest BCUT2D eigenvalue weighted by molar-refractivity contribution is 5.87. The summed E-state index contributed by atoms with van der Waals surface area (Å²) in [7, 11) is 3.23. The second kappa shape index (κ2) is 10.1. The summed E-state index contributed by atoms with van der Waals surface area (Å²) in [6, 6.07) is 16.9. The van der Waals surface area contributed by atoms with Crippen molar-refractivity contribution in [1.82, 2.24) is 14.9 Å². The van der Waals surface area contributed by atoms with Crippen LogP contribution in [-0.4, -0.2) is 47.1 Å². The van der Waals surface area contributed by atoms with Crippen molar-refractivity contribution in [1.29, 1.82) is 0 Å². The standard InChI is InChI=1S/C30H28F3N3O4/c1-38-19-7-9-25-23(14-19)24(15-34-25)29(37)28-27-21(22-13-20(39-2)8-10-26(22)35-27)11-12-36(28)16-17-3-5-18(6-4-17)40-30(31,32)33/h3-10,13-15,28-29,34-35,37H,11-12,16H2,1-2H3. The number of alkyl halides is 3. The van der Waals surface area contributed by atoms with E-state index in [-0.39, 0.29) is 5.75 Å². The topological polar surface area (TPSA) is 82.7 Å². The number of ether oxygens (including phenoxy) is 3. The van der Waals surface area contributed by atoms with Gasteiger partial charge in [0.15, 0.2) is 0 Å². The lowest BCUT2D eigenvalue weighted by Crippen LogP contribution is -2.38. The molecule has 3 N–H and O–H groups in total. The van der Waals surface area contributed by atoms with Crippen LogP contribution in [0, 0.1) is 0 Å². The van der Waals surface area contributed by atoms with Gasteiger partial charge in [0.25, 0.3) is 0 Å². The van der Waals surface area contributed by atoms with Crippen molar-refractivity contribution >= 4 is 21.8 Å². The number of halogens is 3. The number of nitrogens with one attached hydrogen (secondary N) is 2. The quantitative estimate of drug-likeness (QED) is 0.218. The number of benzene rings is 3. The Labute approximate surface area is 228 Å². The molecule has 6 rings (SSSR count). The molecule has 3 aromatic carbocycles. The zero-order valence-corrected chi connectivity index (χ0v) is 21.9. The van der Waals surface area contributed by atoms with Gasteiger partial charge in [-0.2, -0.15) is 0 Å². The van der Waals surface area contributed by atoms with E-state index < -0.39 is 18.5 Å². The molecule has 208 valence electrons. The van der Waals surface area contributed by atoms with E-state index in [9.17, 15) is 18.3 Å². The molecule has 0 radical (unpaired) electrons. The minimum absolute atomic E-state index is 0.272. The number of fused-ring (bicyclic) bond motifs is 4. The van der Waals surface area contributed by atoms with Crippen LogP contribution in [0.1, 0.15) is 34.5 Å². The predicted molar refractivity (Wildman–Crippen MR) is 145 cm³/mol. The van der Waals surface area contributed by atoms with Crippen LogP contribution in [0.3, 0.4) is 0 Å². The molecule has 5 aromatic rings. The maximum atomic E-state index is 12.6. The number of rotatable bonds is 7. The van der Waals surface area contributed by atoms with E-state index in [1.807, 2.05) is 42.6 Å². The van der Waals surface area contributed by atoms with Crippen molar-refractivity contribution < 1.29 is 32.5 Å². The van der Waals surface area contributed by atoms with Crippen molar-refractivity contribution in [2.45, 2.75) is 31.5 Å². The number of nitrogens with zero attached hydrogens (tertiary/aromatic N) is 1. The first-order valence-corrected chi connectivity index (χ1v) is 12.8.